The van der Waals surface area contributed by atoms with E-state index < -0.39 is 6.36 Å². The monoisotopic (exact) mass is 451 g/mol. The number of hydrogen-bond acceptors (Lipinski definition) is 7. The molecule has 7 nitrogen and oxygen atoms in total. The van der Waals surface area contributed by atoms with Crippen LogP contribution < -0.4 is 19.1 Å². The smallest absolute Gasteiger partial charge is 0.454 e. The Balaban J connectivity index is 1.26. The quantitative estimate of drug-likeness (QED) is 0.602. The number of carbonyl (C=O) groups excluding carboxylic acids is 1. The topological polar surface area (TPSA) is 64.1 Å². The summed E-state index contributed by atoms with van der Waals surface area (Å²) in [4.78, 5) is 21.1. The number of nitrogens with zero attached hydrogens (tertiary/aromatic N) is 3. The highest BCUT2D eigenvalue weighted by Gasteiger charge is 2.31. The van der Waals surface area contributed by atoms with E-state index in [1.807, 2.05) is 4.90 Å². The van der Waals surface area contributed by atoms with Crippen LogP contribution in [-0.2, 0) is 0 Å². The average molecular weight is 451 g/mol. The molecule has 1 saturated heterocycles. The van der Waals surface area contributed by atoms with Gasteiger partial charge < -0.3 is 24.0 Å². The molecule has 162 valence electrons. The Bertz CT molecular complexity index is 1140. The number of alkyl halides is 3. The summed E-state index contributed by atoms with van der Waals surface area (Å²) in [7, 11) is 0. The lowest BCUT2D eigenvalue weighted by atomic mass is 10.1. The third-order valence-electron chi connectivity index (χ3n) is 5.04. The molecule has 3 aromatic rings. The van der Waals surface area contributed by atoms with Crippen LogP contribution in [0.15, 0.2) is 36.4 Å². The maximum Gasteiger partial charge on any atom is 0.573 e. The van der Waals surface area contributed by atoms with Gasteiger partial charge in [0.15, 0.2) is 16.6 Å². The number of hydrogen-bond donors (Lipinski definition) is 0. The molecule has 1 aromatic heterocycles. The van der Waals surface area contributed by atoms with Gasteiger partial charge in [-0.1, -0.05) is 11.3 Å². The average Bonchev–Trinajstić information content (AvgIpc) is 3.38. The van der Waals surface area contributed by atoms with E-state index in [0.29, 0.717) is 58.6 Å². The van der Waals surface area contributed by atoms with Crippen LogP contribution in [0.3, 0.4) is 0 Å². The van der Waals surface area contributed by atoms with E-state index in [2.05, 4.69) is 9.72 Å². The number of ether oxygens (including phenoxy) is 3. The number of halogens is 3. The molecular weight excluding hydrogens is 435 g/mol. The van der Waals surface area contributed by atoms with Crippen molar-refractivity contribution >= 4 is 32.6 Å². The summed E-state index contributed by atoms with van der Waals surface area (Å²) in [5.41, 5.74) is 1.14. The zero-order chi connectivity index (χ0) is 21.6. The van der Waals surface area contributed by atoms with Crippen molar-refractivity contribution in [3.63, 3.8) is 0 Å². The van der Waals surface area contributed by atoms with E-state index in [9.17, 15) is 18.0 Å². The molecule has 1 fully saturated rings. The van der Waals surface area contributed by atoms with E-state index in [4.69, 9.17) is 9.47 Å². The van der Waals surface area contributed by atoms with Crippen molar-refractivity contribution in [3.8, 4) is 17.2 Å². The minimum absolute atomic E-state index is 0.0869. The van der Waals surface area contributed by atoms with Gasteiger partial charge in [-0.25, -0.2) is 4.98 Å². The number of carbonyl (C=O) groups is 1. The molecule has 0 N–H and O–H groups in total. The lowest BCUT2D eigenvalue weighted by Gasteiger charge is -2.34. The van der Waals surface area contributed by atoms with E-state index >= 15 is 0 Å². The Morgan fingerprint density at radius 1 is 1.03 bits per heavy atom. The van der Waals surface area contributed by atoms with Gasteiger partial charge in [-0.3, -0.25) is 4.79 Å². The molecule has 0 bridgehead atoms. The van der Waals surface area contributed by atoms with Gasteiger partial charge in [0, 0.05) is 37.8 Å². The highest BCUT2D eigenvalue weighted by molar-refractivity contribution is 7.22. The first-order valence-corrected chi connectivity index (χ1v) is 10.3. The molecule has 2 aliphatic heterocycles. The fraction of sp³-hybridized carbons (Fsp3) is 0.300. The molecule has 0 atom stereocenters. The van der Waals surface area contributed by atoms with Crippen molar-refractivity contribution in [1.82, 2.24) is 9.88 Å². The predicted octanol–water partition coefficient (Wildman–Crippen LogP) is 3.89. The van der Waals surface area contributed by atoms with Crippen LogP contribution in [0.4, 0.5) is 18.3 Å². The van der Waals surface area contributed by atoms with Gasteiger partial charge in [0.05, 0.1) is 10.2 Å². The Hall–Kier alpha value is -3.21. The number of fused-ring (bicyclic) bond motifs is 2. The Morgan fingerprint density at radius 3 is 2.58 bits per heavy atom. The fourth-order valence-corrected chi connectivity index (χ4v) is 4.58. The van der Waals surface area contributed by atoms with Gasteiger partial charge in [-0.05, 0) is 30.3 Å². The molecule has 2 aromatic carbocycles. The van der Waals surface area contributed by atoms with E-state index in [1.54, 1.807) is 23.1 Å². The van der Waals surface area contributed by atoms with Crippen molar-refractivity contribution in [3.05, 3.63) is 42.0 Å². The van der Waals surface area contributed by atoms with Crippen LogP contribution in [0.1, 0.15) is 10.4 Å². The van der Waals surface area contributed by atoms with Crippen LogP contribution in [0.2, 0.25) is 0 Å². The number of anilines is 1. The molecule has 2 aliphatic rings. The van der Waals surface area contributed by atoms with Gasteiger partial charge in [-0.2, -0.15) is 0 Å². The summed E-state index contributed by atoms with van der Waals surface area (Å²) in [5.74, 6) is 0.833. The molecule has 0 unspecified atom stereocenters. The van der Waals surface area contributed by atoms with E-state index in [0.717, 1.165) is 0 Å². The summed E-state index contributed by atoms with van der Waals surface area (Å²) in [6.07, 6.45) is -4.73. The second-order valence-corrected chi connectivity index (χ2v) is 8.03. The van der Waals surface area contributed by atoms with Gasteiger partial charge in [0.1, 0.15) is 5.75 Å². The van der Waals surface area contributed by atoms with Gasteiger partial charge in [-0.15, -0.1) is 13.2 Å². The molecule has 0 saturated carbocycles. The largest absolute Gasteiger partial charge is 0.573 e. The highest BCUT2D eigenvalue weighted by atomic mass is 32.1. The third kappa shape index (κ3) is 4.05. The first-order chi connectivity index (χ1) is 14.9. The normalized spacial score (nSPS) is 16.1. The summed E-state index contributed by atoms with van der Waals surface area (Å²) in [6, 6.07) is 9.23. The second kappa shape index (κ2) is 7.49. The molecule has 1 amide bonds. The second-order valence-electron chi connectivity index (χ2n) is 7.02. The van der Waals surface area contributed by atoms with E-state index in [-0.39, 0.29) is 18.4 Å². The zero-order valence-electron chi connectivity index (χ0n) is 16.0. The molecule has 5 rings (SSSR count). The zero-order valence-corrected chi connectivity index (χ0v) is 16.8. The Morgan fingerprint density at radius 2 is 1.81 bits per heavy atom. The SMILES string of the molecule is O=C(c1ccc2c(c1)OCO2)N1CCN(c2nc3ccc(OC(F)(F)F)cc3s2)CC1. The Labute approximate surface area is 178 Å². The maximum absolute atomic E-state index is 12.8. The molecule has 0 aliphatic carbocycles. The summed E-state index contributed by atoms with van der Waals surface area (Å²) < 4.78 is 52.5. The number of thiazole rings is 1. The van der Waals surface area contributed by atoms with Crippen molar-refractivity contribution in [2.75, 3.05) is 37.9 Å². The van der Waals surface area contributed by atoms with Crippen LogP contribution in [0.5, 0.6) is 17.2 Å². The van der Waals surface area contributed by atoms with Crippen LogP contribution >= 0.6 is 11.3 Å². The number of amides is 1. The third-order valence-corrected chi connectivity index (χ3v) is 6.12. The molecule has 3 heterocycles. The highest BCUT2D eigenvalue weighted by Crippen LogP contribution is 2.35. The molecule has 0 spiro atoms. The minimum Gasteiger partial charge on any atom is -0.454 e. The lowest BCUT2D eigenvalue weighted by molar-refractivity contribution is -0.274. The summed E-state index contributed by atoms with van der Waals surface area (Å²) >= 11 is 1.30. The predicted molar refractivity (Wildman–Crippen MR) is 107 cm³/mol. The standard InChI is InChI=1S/C20H16F3N3O4S/c21-20(22,23)30-13-2-3-14-17(10-13)31-19(24-14)26-7-5-25(6-8-26)18(27)12-1-4-15-16(9-12)29-11-28-15/h1-4,9-10H,5-8,11H2. The molecule has 31 heavy (non-hydrogen) atoms. The first-order valence-electron chi connectivity index (χ1n) is 9.46. The minimum atomic E-state index is -4.73. The fourth-order valence-electron chi connectivity index (χ4n) is 3.54. The van der Waals surface area contributed by atoms with Crippen molar-refractivity contribution < 1.29 is 32.2 Å². The maximum atomic E-state index is 12.8. The van der Waals surface area contributed by atoms with Crippen LogP contribution in [0.25, 0.3) is 10.2 Å². The van der Waals surface area contributed by atoms with Gasteiger partial charge >= 0.3 is 6.36 Å². The van der Waals surface area contributed by atoms with Crippen LogP contribution in [-0.4, -0.2) is 55.1 Å². The Kier molecular flexibility index (Phi) is 4.77. The number of aromatic nitrogens is 1. The van der Waals surface area contributed by atoms with Crippen molar-refractivity contribution in [2.45, 2.75) is 6.36 Å². The van der Waals surface area contributed by atoms with Crippen LogP contribution in [0, 0.1) is 0 Å². The van der Waals surface area contributed by atoms with Gasteiger partial charge in [0.25, 0.3) is 5.91 Å². The molecule has 0 radical (unpaired) electrons. The first kappa shape index (κ1) is 19.7. The molecular formula is C20H16F3N3O4S. The summed E-state index contributed by atoms with van der Waals surface area (Å²) in [6.45, 7) is 2.30. The van der Waals surface area contributed by atoms with Crippen molar-refractivity contribution in [2.24, 2.45) is 0 Å². The van der Waals surface area contributed by atoms with Gasteiger partial charge in [0.2, 0.25) is 6.79 Å². The number of rotatable bonds is 3. The van der Waals surface area contributed by atoms with Crippen molar-refractivity contribution in [1.29, 1.82) is 0 Å². The summed E-state index contributed by atoms with van der Waals surface area (Å²) in [5, 5.41) is 0.703. The molecule has 11 heteroatoms. The lowest BCUT2D eigenvalue weighted by Crippen LogP contribution is -2.48. The van der Waals surface area contributed by atoms with E-state index in [1.165, 1.54) is 29.5 Å². The number of piperazine rings is 1. The number of benzene rings is 2.